The van der Waals surface area contributed by atoms with Crippen LogP contribution in [0.15, 0.2) is 62.9 Å². The summed E-state index contributed by atoms with van der Waals surface area (Å²) in [5.74, 6) is 0.647. The number of carbonyl (C=O) groups excluding carboxylic acids is 1. The van der Waals surface area contributed by atoms with Gasteiger partial charge in [0, 0.05) is 0 Å². The van der Waals surface area contributed by atoms with E-state index in [1.807, 2.05) is 61.5 Å². The van der Waals surface area contributed by atoms with E-state index in [9.17, 15) is 4.79 Å². The van der Waals surface area contributed by atoms with Crippen LogP contribution < -0.4 is 10.1 Å². The maximum atomic E-state index is 12.1. The Bertz CT molecular complexity index is 819. The minimum atomic E-state index is -0.139. The highest BCUT2D eigenvalue weighted by molar-refractivity contribution is 9.10. The SMILES string of the molecule is CCOc1ccc(/C=C2\SC(=Nc3ccccc3)NC2=O)cc1Br. The zero-order valence-electron chi connectivity index (χ0n) is 13.0. The molecule has 6 heteroatoms. The van der Waals surface area contributed by atoms with E-state index < -0.39 is 0 Å². The number of ether oxygens (including phenoxy) is 1. The van der Waals surface area contributed by atoms with Crippen molar-refractivity contribution in [2.45, 2.75) is 6.92 Å². The summed E-state index contributed by atoms with van der Waals surface area (Å²) in [4.78, 5) is 17.2. The van der Waals surface area contributed by atoms with Crippen molar-refractivity contribution in [2.24, 2.45) is 4.99 Å². The third-order valence-electron chi connectivity index (χ3n) is 3.19. The molecule has 122 valence electrons. The lowest BCUT2D eigenvalue weighted by molar-refractivity contribution is -0.115. The van der Waals surface area contributed by atoms with E-state index in [0.717, 1.165) is 21.5 Å². The Labute approximate surface area is 153 Å². The third-order valence-corrected chi connectivity index (χ3v) is 4.72. The predicted molar refractivity (Wildman–Crippen MR) is 103 cm³/mol. The number of carbonyl (C=O) groups is 1. The number of aliphatic imine (C=N–C) groups is 1. The summed E-state index contributed by atoms with van der Waals surface area (Å²) in [6.45, 7) is 2.55. The summed E-state index contributed by atoms with van der Waals surface area (Å²) in [7, 11) is 0. The van der Waals surface area contributed by atoms with Crippen LogP contribution in [0.3, 0.4) is 0 Å². The quantitative estimate of drug-likeness (QED) is 0.751. The molecular weight excluding hydrogens is 388 g/mol. The average Bonchev–Trinajstić information content (AvgIpc) is 2.90. The highest BCUT2D eigenvalue weighted by Gasteiger charge is 2.23. The smallest absolute Gasteiger partial charge is 0.264 e. The number of nitrogens with zero attached hydrogens (tertiary/aromatic N) is 1. The van der Waals surface area contributed by atoms with Crippen LogP contribution >= 0.6 is 27.7 Å². The number of hydrogen-bond donors (Lipinski definition) is 1. The topological polar surface area (TPSA) is 50.7 Å². The van der Waals surface area contributed by atoms with Crippen molar-refractivity contribution in [3.05, 3.63) is 63.5 Å². The molecule has 1 fully saturated rings. The van der Waals surface area contributed by atoms with E-state index >= 15 is 0 Å². The Morgan fingerprint density at radius 1 is 1.25 bits per heavy atom. The molecule has 1 aliphatic heterocycles. The molecule has 1 aliphatic rings. The van der Waals surface area contributed by atoms with Crippen molar-refractivity contribution < 1.29 is 9.53 Å². The molecule has 0 bridgehead atoms. The van der Waals surface area contributed by atoms with Crippen LogP contribution in [0, 0.1) is 0 Å². The van der Waals surface area contributed by atoms with Gasteiger partial charge in [0.25, 0.3) is 5.91 Å². The average molecular weight is 403 g/mol. The van der Waals surface area contributed by atoms with Gasteiger partial charge in [0.2, 0.25) is 0 Å². The number of amides is 1. The number of para-hydroxylation sites is 1. The van der Waals surface area contributed by atoms with Gasteiger partial charge in [-0.15, -0.1) is 0 Å². The predicted octanol–water partition coefficient (Wildman–Crippen LogP) is 4.74. The van der Waals surface area contributed by atoms with Gasteiger partial charge in [-0.2, -0.15) is 0 Å². The molecule has 1 amide bonds. The standard InChI is InChI=1S/C18H15BrN2O2S/c1-2-23-15-9-8-12(10-14(15)19)11-16-17(22)21-18(24-16)20-13-6-4-3-5-7-13/h3-11H,2H2,1H3,(H,20,21,22)/b16-11-. The Balaban J connectivity index is 1.80. The first-order valence-corrected chi connectivity index (χ1v) is 9.03. The van der Waals surface area contributed by atoms with Crippen LogP contribution in [0.2, 0.25) is 0 Å². The first-order valence-electron chi connectivity index (χ1n) is 7.42. The lowest BCUT2D eigenvalue weighted by Crippen LogP contribution is -2.19. The zero-order chi connectivity index (χ0) is 16.9. The maximum absolute atomic E-state index is 12.1. The summed E-state index contributed by atoms with van der Waals surface area (Å²) in [6, 6.07) is 15.3. The maximum Gasteiger partial charge on any atom is 0.264 e. The molecule has 1 heterocycles. The molecular formula is C18H15BrN2O2S. The van der Waals surface area contributed by atoms with E-state index in [1.54, 1.807) is 0 Å². The third kappa shape index (κ3) is 4.07. The van der Waals surface area contributed by atoms with Gasteiger partial charge in [-0.1, -0.05) is 24.3 Å². The van der Waals surface area contributed by atoms with Crippen LogP contribution in [0.1, 0.15) is 12.5 Å². The molecule has 0 saturated carbocycles. The number of benzene rings is 2. The van der Waals surface area contributed by atoms with Crippen molar-refractivity contribution >= 4 is 50.5 Å². The number of thioether (sulfide) groups is 1. The minimum Gasteiger partial charge on any atom is -0.493 e. The highest BCUT2D eigenvalue weighted by atomic mass is 79.9. The molecule has 0 aromatic heterocycles. The molecule has 1 saturated heterocycles. The van der Waals surface area contributed by atoms with Crippen LogP contribution in [0.4, 0.5) is 5.69 Å². The van der Waals surface area contributed by atoms with Crippen molar-refractivity contribution in [2.75, 3.05) is 6.61 Å². The molecule has 3 rings (SSSR count). The second-order valence-corrected chi connectivity index (χ2v) is 6.83. The van der Waals surface area contributed by atoms with Gasteiger partial charge in [0.05, 0.1) is 21.7 Å². The molecule has 0 atom stereocenters. The van der Waals surface area contributed by atoms with Gasteiger partial charge in [-0.05, 0) is 70.5 Å². The fourth-order valence-electron chi connectivity index (χ4n) is 2.13. The lowest BCUT2D eigenvalue weighted by Gasteiger charge is -2.06. The molecule has 0 aliphatic carbocycles. The lowest BCUT2D eigenvalue weighted by atomic mass is 10.2. The summed E-state index contributed by atoms with van der Waals surface area (Å²) >= 11 is 4.82. The number of hydrogen-bond acceptors (Lipinski definition) is 4. The van der Waals surface area contributed by atoms with Crippen molar-refractivity contribution in [3.8, 4) is 5.75 Å². The monoisotopic (exact) mass is 402 g/mol. The number of rotatable bonds is 4. The molecule has 2 aromatic rings. The molecule has 1 N–H and O–H groups in total. The Morgan fingerprint density at radius 3 is 2.75 bits per heavy atom. The summed E-state index contributed by atoms with van der Waals surface area (Å²) in [5.41, 5.74) is 1.73. The molecule has 24 heavy (non-hydrogen) atoms. The highest BCUT2D eigenvalue weighted by Crippen LogP contribution is 2.31. The van der Waals surface area contributed by atoms with Gasteiger partial charge in [0.15, 0.2) is 5.17 Å². The molecule has 0 unspecified atom stereocenters. The van der Waals surface area contributed by atoms with E-state index in [1.165, 1.54) is 11.8 Å². The summed E-state index contributed by atoms with van der Waals surface area (Å²) < 4.78 is 6.36. The largest absolute Gasteiger partial charge is 0.493 e. The molecule has 2 aromatic carbocycles. The number of halogens is 1. The first-order chi connectivity index (χ1) is 11.7. The van der Waals surface area contributed by atoms with Gasteiger partial charge >= 0.3 is 0 Å². The Hall–Kier alpha value is -2.05. The van der Waals surface area contributed by atoms with E-state index in [-0.39, 0.29) is 5.91 Å². The zero-order valence-corrected chi connectivity index (χ0v) is 15.4. The van der Waals surface area contributed by atoms with Gasteiger partial charge in [-0.3, -0.25) is 4.79 Å². The first kappa shape index (κ1) is 16.8. The van der Waals surface area contributed by atoms with Crippen LogP contribution in [-0.4, -0.2) is 17.7 Å². The van der Waals surface area contributed by atoms with E-state index in [2.05, 4.69) is 26.2 Å². The molecule has 0 spiro atoms. The van der Waals surface area contributed by atoms with Crippen molar-refractivity contribution in [1.82, 2.24) is 5.32 Å². The van der Waals surface area contributed by atoms with E-state index in [4.69, 9.17) is 4.74 Å². The Kier molecular flexibility index (Phi) is 5.37. The normalized spacial score (nSPS) is 17.3. The summed E-state index contributed by atoms with van der Waals surface area (Å²) in [6.07, 6.45) is 1.84. The number of nitrogens with one attached hydrogen (secondary N) is 1. The second kappa shape index (κ2) is 7.68. The van der Waals surface area contributed by atoms with Crippen LogP contribution in [0.5, 0.6) is 5.75 Å². The second-order valence-electron chi connectivity index (χ2n) is 4.94. The van der Waals surface area contributed by atoms with Gasteiger partial charge in [0.1, 0.15) is 5.75 Å². The fourth-order valence-corrected chi connectivity index (χ4v) is 3.48. The van der Waals surface area contributed by atoms with Gasteiger partial charge < -0.3 is 10.1 Å². The fraction of sp³-hybridized carbons (Fsp3) is 0.111. The van der Waals surface area contributed by atoms with Crippen LogP contribution in [0.25, 0.3) is 6.08 Å². The molecule has 4 nitrogen and oxygen atoms in total. The summed E-state index contributed by atoms with van der Waals surface area (Å²) in [5, 5.41) is 3.37. The van der Waals surface area contributed by atoms with E-state index in [0.29, 0.717) is 16.7 Å². The number of amidine groups is 1. The molecule has 0 radical (unpaired) electrons. The minimum absolute atomic E-state index is 0.139. The van der Waals surface area contributed by atoms with Gasteiger partial charge in [-0.25, -0.2) is 4.99 Å². The van der Waals surface area contributed by atoms with Crippen molar-refractivity contribution in [1.29, 1.82) is 0 Å². The van der Waals surface area contributed by atoms with Crippen LogP contribution in [-0.2, 0) is 4.79 Å². The van der Waals surface area contributed by atoms with Crippen molar-refractivity contribution in [3.63, 3.8) is 0 Å². The Morgan fingerprint density at radius 2 is 2.04 bits per heavy atom.